The van der Waals surface area contributed by atoms with Gasteiger partial charge in [-0.15, -0.1) is 0 Å². The average molecular weight is 377 g/mol. The minimum Gasteiger partial charge on any atom is -0.480 e. The van der Waals surface area contributed by atoms with E-state index in [0.717, 1.165) is 6.42 Å². The molecule has 0 bridgehead atoms. The van der Waals surface area contributed by atoms with E-state index in [4.69, 9.17) is 4.74 Å². The van der Waals surface area contributed by atoms with E-state index in [9.17, 15) is 24.3 Å². The van der Waals surface area contributed by atoms with Crippen molar-refractivity contribution in [3.05, 3.63) is 35.9 Å². The SMILES string of the molecule is CC(CC(NC(=O)c1ccccc1)C(=O)O)NC(=O)OC(=O)[C@@H]1CCCN1. The summed E-state index contributed by atoms with van der Waals surface area (Å²) in [4.78, 5) is 47.1. The molecule has 9 nitrogen and oxygen atoms in total. The summed E-state index contributed by atoms with van der Waals surface area (Å²) < 4.78 is 4.71. The van der Waals surface area contributed by atoms with Crippen molar-refractivity contribution < 1.29 is 29.0 Å². The molecule has 0 spiro atoms. The summed E-state index contributed by atoms with van der Waals surface area (Å²) in [6, 6.07) is 5.86. The first-order valence-corrected chi connectivity index (χ1v) is 8.71. The quantitative estimate of drug-likeness (QED) is 0.405. The summed E-state index contributed by atoms with van der Waals surface area (Å²) >= 11 is 0. The minimum absolute atomic E-state index is 0.0706. The zero-order valence-corrected chi connectivity index (χ0v) is 14.9. The number of benzene rings is 1. The van der Waals surface area contributed by atoms with Gasteiger partial charge in [-0.05, 0) is 44.9 Å². The molecule has 146 valence electrons. The first-order valence-electron chi connectivity index (χ1n) is 8.71. The molecule has 2 rings (SSSR count). The highest BCUT2D eigenvalue weighted by Crippen LogP contribution is 2.07. The summed E-state index contributed by atoms with van der Waals surface area (Å²) in [6.07, 6.45) is 0.423. The largest absolute Gasteiger partial charge is 0.480 e. The number of ether oxygens (including phenoxy) is 1. The number of carbonyl (C=O) groups is 4. The number of aliphatic carboxylic acids is 1. The molecule has 2 unspecified atom stereocenters. The van der Waals surface area contributed by atoms with Crippen molar-refractivity contribution in [3.8, 4) is 0 Å². The highest BCUT2D eigenvalue weighted by atomic mass is 16.6. The highest BCUT2D eigenvalue weighted by Gasteiger charge is 2.27. The van der Waals surface area contributed by atoms with E-state index in [-0.39, 0.29) is 6.42 Å². The summed E-state index contributed by atoms with van der Waals surface area (Å²) in [6.45, 7) is 2.25. The van der Waals surface area contributed by atoms with Gasteiger partial charge in [-0.3, -0.25) is 4.79 Å². The number of hydrogen-bond donors (Lipinski definition) is 4. The molecular formula is C18H23N3O6. The van der Waals surface area contributed by atoms with Crippen LogP contribution in [0.1, 0.15) is 36.5 Å². The highest BCUT2D eigenvalue weighted by molar-refractivity contribution is 5.96. The molecule has 0 aliphatic carbocycles. The molecule has 1 fully saturated rings. The van der Waals surface area contributed by atoms with Crippen LogP contribution in [0.25, 0.3) is 0 Å². The summed E-state index contributed by atoms with van der Waals surface area (Å²) in [5, 5.41) is 17.1. The smallest absolute Gasteiger partial charge is 0.415 e. The first-order chi connectivity index (χ1) is 12.9. The maximum Gasteiger partial charge on any atom is 0.415 e. The molecule has 1 aromatic rings. The topological polar surface area (TPSA) is 134 Å². The zero-order valence-electron chi connectivity index (χ0n) is 14.9. The minimum atomic E-state index is -1.23. The summed E-state index contributed by atoms with van der Waals surface area (Å²) in [7, 11) is 0. The molecule has 1 heterocycles. The second-order valence-electron chi connectivity index (χ2n) is 6.37. The predicted molar refractivity (Wildman–Crippen MR) is 95.1 cm³/mol. The lowest BCUT2D eigenvalue weighted by molar-refractivity contribution is -0.140. The summed E-state index contributed by atoms with van der Waals surface area (Å²) in [5.41, 5.74) is 0.332. The molecule has 3 atom stereocenters. The van der Waals surface area contributed by atoms with Crippen LogP contribution in [0, 0.1) is 0 Å². The van der Waals surface area contributed by atoms with Gasteiger partial charge >= 0.3 is 18.0 Å². The Morgan fingerprint density at radius 1 is 1.22 bits per heavy atom. The Balaban J connectivity index is 1.84. The fourth-order valence-electron chi connectivity index (χ4n) is 2.74. The van der Waals surface area contributed by atoms with Crippen molar-refractivity contribution in [2.24, 2.45) is 0 Å². The number of hydrogen-bond acceptors (Lipinski definition) is 6. The Bertz CT molecular complexity index is 688. The van der Waals surface area contributed by atoms with E-state index in [1.165, 1.54) is 0 Å². The van der Waals surface area contributed by atoms with Gasteiger partial charge in [-0.2, -0.15) is 0 Å². The van der Waals surface area contributed by atoms with Crippen LogP contribution < -0.4 is 16.0 Å². The van der Waals surface area contributed by atoms with Crippen LogP contribution in [0.3, 0.4) is 0 Å². The molecule has 4 N–H and O–H groups in total. The van der Waals surface area contributed by atoms with E-state index in [1.54, 1.807) is 37.3 Å². The van der Waals surface area contributed by atoms with Gasteiger partial charge in [0, 0.05) is 11.6 Å². The van der Waals surface area contributed by atoms with Gasteiger partial charge < -0.3 is 25.8 Å². The number of rotatable bonds is 7. The van der Waals surface area contributed by atoms with Crippen molar-refractivity contribution in [1.29, 1.82) is 0 Å². The number of carboxylic acid groups (broad SMARTS) is 1. The number of nitrogens with one attached hydrogen (secondary N) is 3. The molecule has 0 saturated carbocycles. The second-order valence-corrected chi connectivity index (χ2v) is 6.37. The fraction of sp³-hybridized carbons (Fsp3) is 0.444. The van der Waals surface area contributed by atoms with Gasteiger partial charge in [0.15, 0.2) is 0 Å². The Kier molecular flexibility index (Phi) is 7.30. The molecule has 1 aromatic carbocycles. The molecule has 0 aromatic heterocycles. The number of amides is 2. The fourth-order valence-corrected chi connectivity index (χ4v) is 2.74. The molecule has 1 aliphatic rings. The van der Waals surface area contributed by atoms with Crippen LogP contribution in [0.5, 0.6) is 0 Å². The first kappa shape index (κ1) is 20.4. The van der Waals surface area contributed by atoms with Crippen LogP contribution in [0.15, 0.2) is 30.3 Å². The standard InChI is InChI=1S/C18H23N3O6/c1-11(20-18(26)27-17(25)13-8-5-9-19-13)10-14(16(23)24)21-15(22)12-6-3-2-4-7-12/h2-4,6-7,11,13-14,19H,5,8-10H2,1H3,(H,20,26)(H,21,22)(H,23,24)/t11?,13-,14?/m0/s1. The normalized spacial score (nSPS) is 18.2. The molecular weight excluding hydrogens is 354 g/mol. The number of alkyl carbamates (subject to hydrolysis) is 1. The lowest BCUT2D eigenvalue weighted by Crippen LogP contribution is -2.46. The van der Waals surface area contributed by atoms with Crippen LogP contribution in [-0.2, 0) is 14.3 Å². The predicted octanol–water partition coefficient (Wildman–Crippen LogP) is 0.653. The molecule has 9 heteroatoms. The lowest BCUT2D eigenvalue weighted by atomic mass is 10.1. The second kappa shape index (κ2) is 9.67. The van der Waals surface area contributed by atoms with Crippen LogP contribution >= 0.6 is 0 Å². The maximum atomic E-state index is 12.1. The Hall–Kier alpha value is -2.94. The molecule has 0 radical (unpaired) electrons. The van der Waals surface area contributed by atoms with Gasteiger partial charge in [-0.1, -0.05) is 18.2 Å². The number of esters is 1. The van der Waals surface area contributed by atoms with Crippen molar-refractivity contribution >= 4 is 23.9 Å². The molecule has 27 heavy (non-hydrogen) atoms. The Labute approximate surface area is 156 Å². The van der Waals surface area contributed by atoms with Gasteiger partial charge in [0.05, 0.1) is 0 Å². The van der Waals surface area contributed by atoms with Gasteiger partial charge in [-0.25, -0.2) is 14.4 Å². The van der Waals surface area contributed by atoms with Crippen LogP contribution in [0.4, 0.5) is 4.79 Å². The molecule has 2 amide bonds. The van der Waals surface area contributed by atoms with E-state index >= 15 is 0 Å². The van der Waals surface area contributed by atoms with Gasteiger partial charge in [0.2, 0.25) is 0 Å². The van der Waals surface area contributed by atoms with Crippen molar-refractivity contribution in [2.75, 3.05) is 6.54 Å². The summed E-state index contributed by atoms with van der Waals surface area (Å²) in [5.74, 6) is -2.42. The van der Waals surface area contributed by atoms with Crippen molar-refractivity contribution in [2.45, 2.75) is 44.3 Å². The van der Waals surface area contributed by atoms with Crippen LogP contribution in [0.2, 0.25) is 0 Å². The Morgan fingerprint density at radius 2 is 1.93 bits per heavy atom. The molecule has 1 saturated heterocycles. The monoisotopic (exact) mass is 377 g/mol. The Morgan fingerprint density at radius 3 is 2.52 bits per heavy atom. The lowest BCUT2D eigenvalue weighted by Gasteiger charge is -2.20. The molecule has 1 aliphatic heterocycles. The van der Waals surface area contributed by atoms with E-state index < -0.39 is 42.1 Å². The third kappa shape index (κ3) is 6.37. The maximum absolute atomic E-state index is 12.1. The van der Waals surface area contributed by atoms with E-state index in [2.05, 4.69) is 16.0 Å². The third-order valence-electron chi connectivity index (χ3n) is 4.13. The zero-order chi connectivity index (χ0) is 19.8. The number of carboxylic acids is 1. The van der Waals surface area contributed by atoms with Gasteiger partial charge in [0.1, 0.15) is 12.1 Å². The van der Waals surface area contributed by atoms with E-state index in [0.29, 0.717) is 18.5 Å². The van der Waals surface area contributed by atoms with E-state index in [1.807, 2.05) is 0 Å². The average Bonchev–Trinajstić information content (AvgIpc) is 3.16. The van der Waals surface area contributed by atoms with Crippen molar-refractivity contribution in [1.82, 2.24) is 16.0 Å². The van der Waals surface area contributed by atoms with Crippen molar-refractivity contribution in [3.63, 3.8) is 0 Å². The number of carbonyl (C=O) groups excluding carboxylic acids is 3. The van der Waals surface area contributed by atoms with Crippen LogP contribution in [-0.4, -0.2) is 53.7 Å². The van der Waals surface area contributed by atoms with Gasteiger partial charge in [0.25, 0.3) is 5.91 Å². The third-order valence-corrected chi connectivity index (χ3v) is 4.13.